The van der Waals surface area contributed by atoms with Crippen LogP contribution in [0.25, 0.3) is 0 Å². The van der Waals surface area contributed by atoms with Crippen molar-refractivity contribution in [2.24, 2.45) is 4.99 Å². The number of benzene rings is 1. The van der Waals surface area contributed by atoms with Gasteiger partial charge in [-0.25, -0.2) is 9.98 Å². The molecule has 0 fully saturated rings. The first-order chi connectivity index (χ1) is 13.7. The standard InChI is InChI=1S/C20H22N8O/c1-20(2,3)10-5-6-11(13(7-10)29-4)16-14-15(23)12(8-21)17(24)27-18(14)28-19(26-16)25-9-22/h5-7,16H,1-4H3,(H6,23,24,25,26,27,28). The number of nitrogens with two attached hydrogens (primary N) is 2. The molecule has 1 aromatic heterocycles. The normalized spacial score (nSPS) is 15.2. The average Bonchev–Trinajstić information content (AvgIpc) is 2.66. The molecule has 9 heteroatoms. The van der Waals surface area contributed by atoms with E-state index in [2.05, 4.69) is 41.4 Å². The molecule has 2 heterocycles. The lowest BCUT2D eigenvalue weighted by Crippen LogP contribution is -2.33. The number of fused-ring (bicyclic) bond motifs is 1. The topological polar surface area (TPSA) is 158 Å². The van der Waals surface area contributed by atoms with Crippen molar-refractivity contribution in [2.45, 2.75) is 32.2 Å². The lowest BCUT2D eigenvalue weighted by molar-refractivity contribution is 0.405. The summed E-state index contributed by atoms with van der Waals surface area (Å²) in [5.41, 5.74) is 14.7. The molecule has 148 valence electrons. The first-order valence-corrected chi connectivity index (χ1v) is 8.88. The highest BCUT2D eigenvalue weighted by Crippen LogP contribution is 2.43. The Balaban J connectivity index is 2.27. The van der Waals surface area contributed by atoms with E-state index < -0.39 is 6.04 Å². The van der Waals surface area contributed by atoms with Crippen LogP contribution in [0.4, 0.5) is 17.3 Å². The third-order valence-electron chi connectivity index (χ3n) is 4.75. The van der Waals surface area contributed by atoms with Crippen LogP contribution in [0.2, 0.25) is 0 Å². The van der Waals surface area contributed by atoms with Gasteiger partial charge in [-0.1, -0.05) is 32.9 Å². The maximum atomic E-state index is 9.43. The Hall–Kier alpha value is -3.98. The molecule has 0 saturated heterocycles. The van der Waals surface area contributed by atoms with Gasteiger partial charge in [0.15, 0.2) is 6.19 Å². The van der Waals surface area contributed by atoms with Gasteiger partial charge in [-0.05, 0) is 17.0 Å². The third-order valence-corrected chi connectivity index (χ3v) is 4.75. The van der Waals surface area contributed by atoms with Gasteiger partial charge in [-0.3, -0.25) is 5.32 Å². The number of pyridine rings is 1. The van der Waals surface area contributed by atoms with Gasteiger partial charge in [-0.15, -0.1) is 0 Å². The highest BCUT2D eigenvalue weighted by molar-refractivity contribution is 5.98. The second-order valence-electron chi connectivity index (χ2n) is 7.61. The average molecular weight is 390 g/mol. The van der Waals surface area contributed by atoms with Crippen molar-refractivity contribution in [3.63, 3.8) is 0 Å². The zero-order valence-electron chi connectivity index (χ0n) is 16.7. The summed E-state index contributed by atoms with van der Waals surface area (Å²) in [6, 6.07) is 7.21. The van der Waals surface area contributed by atoms with Crippen LogP contribution in [0, 0.1) is 22.8 Å². The van der Waals surface area contributed by atoms with E-state index in [0.717, 1.165) is 11.1 Å². The Bertz CT molecular complexity index is 1090. The van der Waals surface area contributed by atoms with Gasteiger partial charge in [0.05, 0.1) is 12.8 Å². The summed E-state index contributed by atoms with van der Waals surface area (Å²) in [5.74, 6) is 1.15. The van der Waals surface area contributed by atoms with Crippen LogP contribution in [-0.4, -0.2) is 18.1 Å². The third kappa shape index (κ3) is 3.46. The van der Waals surface area contributed by atoms with Crippen LogP contribution in [-0.2, 0) is 5.41 Å². The van der Waals surface area contributed by atoms with Crippen LogP contribution >= 0.6 is 0 Å². The highest BCUT2D eigenvalue weighted by Gasteiger charge is 2.31. The van der Waals surface area contributed by atoms with E-state index in [9.17, 15) is 5.26 Å². The molecule has 2 aromatic rings. The van der Waals surface area contributed by atoms with Crippen LogP contribution in [0.15, 0.2) is 23.2 Å². The predicted molar refractivity (Wildman–Crippen MR) is 111 cm³/mol. The van der Waals surface area contributed by atoms with E-state index in [1.165, 1.54) is 0 Å². The summed E-state index contributed by atoms with van der Waals surface area (Å²) in [6.45, 7) is 6.33. The van der Waals surface area contributed by atoms with E-state index >= 15 is 0 Å². The molecule has 1 aliphatic heterocycles. The van der Waals surface area contributed by atoms with Crippen LogP contribution in [0.1, 0.15) is 49.1 Å². The molecule has 0 bridgehead atoms. The number of hydrogen-bond acceptors (Lipinski definition) is 9. The summed E-state index contributed by atoms with van der Waals surface area (Å²) in [4.78, 5) is 8.83. The number of hydrogen-bond donors (Lipinski definition) is 4. The van der Waals surface area contributed by atoms with E-state index in [4.69, 9.17) is 21.5 Å². The van der Waals surface area contributed by atoms with Gasteiger partial charge < -0.3 is 21.5 Å². The highest BCUT2D eigenvalue weighted by atomic mass is 16.5. The second-order valence-corrected chi connectivity index (χ2v) is 7.61. The van der Waals surface area contributed by atoms with Crippen LogP contribution < -0.4 is 26.8 Å². The number of nitriles is 2. The zero-order chi connectivity index (χ0) is 21.3. The molecule has 6 N–H and O–H groups in total. The van der Waals surface area contributed by atoms with E-state index in [-0.39, 0.29) is 28.4 Å². The first kappa shape index (κ1) is 19.8. The minimum atomic E-state index is -0.647. The molecule has 0 spiro atoms. The number of rotatable bonds is 2. The monoisotopic (exact) mass is 390 g/mol. The van der Waals surface area contributed by atoms with Gasteiger partial charge in [0.25, 0.3) is 0 Å². The second kappa shape index (κ2) is 7.21. The number of nitrogens with one attached hydrogen (secondary N) is 2. The lowest BCUT2D eigenvalue weighted by Gasteiger charge is -2.28. The Morgan fingerprint density at radius 3 is 2.55 bits per heavy atom. The SMILES string of the molecule is COc1cc(C(C)(C)C)ccc1C1N=C(NC#N)Nc2nc(N)c(C#N)c(N)c21. The van der Waals surface area contributed by atoms with Crippen molar-refractivity contribution in [1.82, 2.24) is 10.3 Å². The van der Waals surface area contributed by atoms with Crippen LogP contribution in [0.3, 0.4) is 0 Å². The van der Waals surface area contributed by atoms with Crippen molar-refractivity contribution in [3.8, 4) is 18.0 Å². The number of nitrogen functional groups attached to an aromatic ring is 2. The summed E-state index contributed by atoms with van der Waals surface area (Å²) < 4.78 is 5.64. The Morgan fingerprint density at radius 1 is 1.24 bits per heavy atom. The summed E-state index contributed by atoms with van der Waals surface area (Å²) in [5, 5.41) is 23.8. The van der Waals surface area contributed by atoms with Crippen molar-refractivity contribution >= 4 is 23.3 Å². The summed E-state index contributed by atoms with van der Waals surface area (Å²) in [6.07, 6.45) is 1.83. The van der Waals surface area contributed by atoms with E-state index in [0.29, 0.717) is 17.1 Å². The Kier molecular flexibility index (Phi) is 4.92. The van der Waals surface area contributed by atoms with E-state index in [1.807, 2.05) is 30.5 Å². The molecule has 29 heavy (non-hydrogen) atoms. The number of guanidine groups is 1. The number of anilines is 3. The quantitative estimate of drug-likeness (QED) is 0.449. The number of aromatic nitrogens is 1. The Morgan fingerprint density at radius 2 is 1.97 bits per heavy atom. The molecule has 0 amide bonds. The summed E-state index contributed by atoms with van der Waals surface area (Å²) in [7, 11) is 1.58. The van der Waals surface area contributed by atoms with Gasteiger partial charge in [0.2, 0.25) is 5.96 Å². The van der Waals surface area contributed by atoms with Crippen molar-refractivity contribution in [3.05, 3.63) is 40.5 Å². The van der Waals surface area contributed by atoms with Gasteiger partial charge >= 0.3 is 0 Å². The van der Waals surface area contributed by atoms with Gasteiger partial charge in [0, 0.05) is 11.1 Å². The number of methoxy groups -OCH3 is 1. The fraction of sp³-hybridized carbons (Fsp3) is 0.300. The van der Waals surface area contributed by atoms with Gasteiger partial charge in [0.1, 0.15) is 35.1 Å². The van der Waals surface area contributed by atoms with Gasteiger partial charge in [-0.2, -0.15) is 10.5 Å². The number of aliphatic imine (C=N–C) groups is 1. The fourth-order valence-electron chi connectivity index (χ4n) is 3.21. The Labute approximate surface area is 169 Å². The van der Waals surface area contributed by atoms with Crippen molar-refractivity contribution in [1.29, 1.82) is 10.5 Å². The van der Waals surface area contributed by atoms with Crippen LogP contribution in [0.5, 0.6) is 5.75 Å². The molecule has 0 radical (unpaired) electrons. The molecule has 0 aliphatic carbocycles. The van der Waals surface area contributed by atoms with E-state index in [1.54, 1.807) is 7.11 Å². The summed E-state index contributed by atoms with van der Waals surface area (Å²) >= 11 is 0. The molecule has 3 rings (SSSR count). The maximum absolute atomic E-state index is 9.43. The molecule has 1 aliphatic rings. The minimum absolute atomic E-state index is 0.00301. The molecular formula is C20H22N8O. The molecular weight excluding hydrogens is 368 g/mol. The largest absolute Gasteiger partial charge is 0.496 e. The molecule has 1 atom stereocenters. The molecule has 0 saturated carbocycles. The van der Waals surface area contributed by atoms with Crippen molar-refractivity contribution in [2.75, 3.05) is 23.9 Å². The smallest absolute Gasteiger partial charge is 0.211 e. The molecule has 9 nitrogen and oxygen atoms in total. The molecule has 1 unspecified atom stereocenters. The molecule has 1 aromatic carbocycles. The lowest BCUT2D eigenvalue weighted by atomic mass is 9.85. The van der Waals surface area contributed by atoms with Crippen molar-refractivity contribution < 1.29 is 4.74 Å². The minimum Gasteiger partial charge on any atom is -0.496 e. The maximum Gasteiger partial charge on any atom is 0.211 e. The fourth-order valence-corrected chi connectivity index (χ4v) is 3.21. The number of nitrogens with zero attached hydrogens (tertiary/aromatic N) is 4. The number of ether oxygens (including phenoxy) is 1. The first-order valence-electron chi connectivity index (χ1n) is 8.88. The zero-order valence-corrected chi connectivity index (χ0v) is 16.7. The predicted octanol–water partition coefficient (Wildman–Crippen LogP) is 2.37.